The van der Waals surface area contributed by atoms with Crippen LogP contribution in [0, 0.1) is 0 Å². The third-order valence-corrected chi connectivity index (χ3v) is 11.4. The first-order valence-corrected chi connectivity index (χ1v) is 14.0. The predicted molar refractivity (Wildman–Crippen MR) is 79.5 cm³/mol. The molecule has 0 aromatic heterocycles. The Bertz CT molecular complexity index is 361. The van der Waals surface area contributed by atoms with E-state index in [1.54, 1.807) is 3.88 Å². The molecule has 0 fully saturated rings. The van der Waals surface area contributed by atoms with E-state index in [4.69, 9.17) is 0 Å². The summed E-state index contributed by atoms with van der Waals surface area (Å²) in [6.45, 7) is 6.79. The maximum atomic E-state index is 3.91. The van der Waals surface area contributed by atoms with Crippen LogP contribution in [0.5, 0.6) is 0 Å². The van der Waals surface area contributed by atoms with E-state index in [-0.39, 0.29) is 30.4 Å². The first-order chi connectivity index (χ1) is 6.09. The predicted octanol–water partition coefficient (Wildman–Crippen LogP) is 3.31. The van der Waals surface area contributed by atoms with Crippen molar-refractivity contribution in [3.8, 4) is 0 Å². The average Bonchev–Trinajstić information content (AvgIpc) is 2.26. The van der Waals surface area contributed by atoms with Gasteiger partial charge in [0.05, 0.1) is 0 Å². The smallest absolute Gasteiger partial charge is 0.147 e. The third kappa shape index (κ3) is 5.52. The minimum Gasteiger partial charge on any atom is -0.147 e. The van der Waals surface area contributed by atoms with E-state index >= 15 is 0 Å². The van der Waals surface area contributed by atoms with E-state index in [0.717, 1.165) is 6.42 Å². The Hall–Kier alpha value is 0.951. The van der Waals surface area contributed by atoms with Gasteiger partial charge in [-0.15, -0.1) is 24.8 Å². The van der Waals surface area contributed by atoms with Crippen LogP contribution in [0.1, 0.15) is 27.2 Å². The molecule has 0 aliphatic heterocycles. The zero-order chi connectivity index (χ0) is 11.1. The maximum Gasteiger partial charge on any atom is -0.147 e. The van der Waals surface area contributed by atoms with Gasteiger partial charge in [0.15, 0.2) is 0 Å². The molecule has 96 valence electrons. The number of rotatable bonds is 2. The molecule has 0 radical (unpaired) electrons. The summed E-state index contributed by atoms with van der Waals surface area (Å²) in [5.41, 5.74) is 0.228. The van der Waals surface area contributed by atoms with Gasteiger partial charge >= 0.3 is 91.0 Å². The van der Waals surface area contributed by atoms with Gasteiger partial charge in [0, 0.05) is 0 Å². The molecule has 0 bridgehead atoms. The second-order valence-corrected chi connectivity index (χ2v) is 24.9. The molecular formula is C11H25Cl2NSiTi. The third-order valence-electron chi connectivity index (χ3n) is 2.58. The fraction of sp³-hybridized carbons (Fsp3) is 0.636. The first-order valence-electron chi connectivity index (χ1n) is 5.32. The van der Waals surface area contributed by atoms with Crippen molar-refractivity contribution in [3.05, 3.63) is 22.1 Å². The largest absolute Gasteiger partial charge is 0.147 e. The molecule has 0 amide bonds. The summed E-state index contributed by atoms with van der Waals surface area (Å²) in [6.07, 6.45) is 7.95. The molecule has 0 heterocycles. The SMILES string of the molecule is CC(C)(C)[NH][Ti]([CH3])([CH3])(=[SiH2])[C]1=CC=CC1.Cl.Cl. The number of allylic oxidation sites excluding steroid dienone is 4. The summed E-state index contributed by atoms with van der Waals surface area (Å²) >= 11 is -2.51. The van der Waals surface area contributed by atoms with Gasteiger partial charge in [-0.2, -0.15) is 0 Å². The standard InChI is InChI=1S/C5H5.C4H10N.2CH3.2ClH.H2Si.Ti/c1-2-4-5-3-1;1-4(2,3)5;;;;;;/h1-3H,4H2;5H,1-3H3;2*1H3;2*1H;1H2;/q;-1;;;;;;+1. The molecule has 16 heavy (non-hydrogen) atoms. The van der Waals surface area contributed by atoms with Crippen LogP contribution in [0.2, 0.25) is 10.5 Å². The summed E-state index contributed by atoms with van der Waals surface area (Å²) in [5.74, 6) is 0. The summed E-state index contributed by atoms with van der Waals surface area (Å²) in [4.78, 5) is 0. The summed E-state index contributed by atoms with van der Waals surface area (Å²) < 4.78 is 5.57. The van der Waals surface area contributed by atoms with Gasteiger partial charge in [-0.1, -0.05) is 0 Å². The Morgan fingerprint density at radius 3 is 2.06 bits per heavy atom. The van der Waals surface area contributed by atoms with E-state index in [0.29, 0.717) is 0 Å². The molecule has 5 heteroatoms. The van der Waals surface area contributed by atoms with Gasteiger partial charge in [0.2, 0.25) is 0 Å². The number of hydrogen-bond donors (Lipinski definition) is 1. The Morgan fingerprint density at radius 1 is 1.25 bits per heavy atom. The zero-order valence-corrected chi connectivity index (χ0v) is 15.6. The minimum atomic E-state index is -2.51. The molecule has 0 aromatic rings. The van der Waals surface area contributed by atoms with E-state index < -0.39 is 14.3 Å². The summed E-state index contributed by atoms with van der Waals surface area (Å²) in [5, 5.41) is 4.94. The van der Waals surface area contributed by atoms with Gasteiger partial charge in [0.1, 0.15) is 0 Å². The van der Waals surface area contributed by atoms with E-state index in [1.807, 2.05) is 0 Å². The van der Waals surface area contributed by atoms with E-state index in [2.05, 4.69) is 60.9 Å². The summed E-state index contributed by atoms with van der Waals surface area (Å²) in [7, 11) is 2.23. The molecule has 0 spiro atoms. The molecule has 1 rings (SSSR count). The maximum absolute atomic E-state index is 3.91. The fourth-order valence-electron chi connectivity index (χ4n) is 2.32. The van der Waals surface area contributed by atoms with Crippen LogP contribution in [0.15, 0.2) is 22.1 Å². The van der Waals surface area contributed by atoms with E-state index in [9.17, 15) is 0 Å². The van der Waals surface area contributed by atoms with E-state index in [1.165, 1.54) is 0 Å². The fourth-order valence-corrected chi connectivity index (χ4v) is 11.8. The average molecular weight is 318 g/mol. The molecular weight excluding hydrogens is 293 g/mol. The Labute approximate surface area is 115 Å². The molecule has 1 aliphatic carbocycles. The Balaban J connectivity index is 0. The van der Waals surface area contributed by atoms with Crippen LogP contribution in [0.4, 0.5) is 0 Å². The second kappa shape index (κ2) is 5.73. The molecule has 0 atom stereocenters. The van der Waals surface area contributed by atoms with Crippen LogP contribution in [0.25, 0.3) is 0 Å². The van der Waals surface area contributed by atoms with Crippen LogP contribution in [-0.2, 0) is 14.3 Å². The van der Waals surface area contributed by atoms with Gasteiger partial charge in [0.25, 0.3) is 0 Å². The molecule has 0 saturated carbocycles. The zero-order valence-electron chi connectivity index (χ0n) is 11.0. The quantitative estimate of drug-likeness (QED) is 0.770. The first kappa shape index (κ1) is 19.3. The van der Waals surface area contributed by atoms with Gasteiger partial charge < -0.3 is 0 Å². The van der Waals surface area contributed by atoms with Crippen molar-refractivity contribution in [2.24, 2.45) is 0 Å². The monoisotopic (exact) mass is 317 g/mol. The van der Waals surface area contributed by atoms with Crippen LogP contribution >= 0.6 is 24.8 Å². The van der Waals surface area contributed by atoms with Crippen molar-refractivity contribution < 1.29 is 14.3 Å². The Morgan fingerprint density at radius 2 is 1.75 bits per heavy atom. The van der Waals surface area contributed by atoms with Crippen molar-refractivity contribution in [2.75, 3.05) is 0 Å². The van der Waals surface area contributed by atoms with Crippen LogP contribution in [0.3, 0.4) is 0 Å². The number of halogens is 2. The Kier molecular flexibility index (Phi) is 6.91. The molecule has 1 aliphatic rings. The molecule has 1 N–H and O–H groups in total. The van der Waals surface area contributed by atoms with Crippen molar-refractivity contribution >= 4 is 32.4 Å². The number of nitrogens with one attached hydrogen (secondary N) is 1. The van der Waals surface area contributed by atoms with Crippen molar-refractivity contribution in [3.63, 3.8) is 0 Å². The van der Waals surface area contributed by atoms with Crippen molar-refractivity contribution in [1.29, 1.82) is 0 Å². The number of hydrogen-bond acceptors (Lipinski definition) is 1. The van der Waals surface area contributed by atoms with Crippen molar-refractivity contribution in [2.45, 2.75) is 43.2 Å². The van der Waals surface area contributed by atoms with Gasteiger partial charge in [-0.25, -0.2) is 0 Å². The molecule has 1 nitrogen and oxygen atoms in total. The van der Waals surface area contributed by atoms with Crippen molar-refractivity contribution in [1.82, 2.24) is 3.80 Å². The summed E-state index contributed by atoms with van der Waals surface area (Å²) in [6, 6.07) is 0. The van der Waals surface area contributed by atoms with Crippen LogP contribution < -0.4 is 3.80 Å². The van der Waals surface area contributed by atoms with Crippen LogP contribution in [-0.4, -0.2) is 13.2 Å². The molecule has 0 unspecified atom stereocenters. The second-order valence-electron chi connectivity index (χ2n) is 6.38. The van der Waals surface area contributed by atoms with Gasteiger partial charge in [-0.3, -0.25) is 0 Å². The van der Waals surface area contributed by atoms with Gasteiger partial charge in [-0.05, 0) is 0 Å². The molecule has 0 saturated heterocycles. The topological polar surface area (TPSA) is 12.0 Å². The normalized spacial score (nSPS) is 16.2. The minimum absolute atomic E-state index is 0. The molecule has 0 aromatic carbocycles.